The van der Waals surface area contributed by atoms with Gasteiger partial charge in [-0.05, 0) is 25.5 Å². The number of terminal acetylenes is 1. The van der Waals surface area contributed by atoms with E-state index in [2.05, 4.69) is 10.8 Å². The third-order valence-electron chi connectivity index (χ3n) is 3.89. The number of likely N-dealkylation sites (tertiary alicyclic amines) is 1. The van der Waals surface area contributed by atoms with Crippen molar-refractivity contribution >= 4 is 5.97 Å². The van der Waals surface area contributed by atoms with Gasteiger partial charge in [-0.2, -0.15) is 0 Å². The second kappa shape index (κ2) is 6.75. The van der Waals surface area contributed by atoms with Crippen LogP contribution in [-0.2, 0) is 15.1 Å². The Labute approximate surface area is 125 Å². The summed E-state index contributed by atoms with van der Waals surface area (Å²) in [5, 5.41) is 10.7. The second-order valence-corrected chi connectivity index (χ2v) is 5.52. The lowest BCUT2D eigenvalue weighted by atomic mass is 9.90. The van der Waals surface area contributed by atoms with Gasteiger partial charge < -0.3 is 14.7 Å². The first kappa shape index (κ1) is 15.6. The smallest absolute Gasteiger partial charge is 0.344 e. The first-order valence-electron chi connectivity index (χ1n) is 7.17. The molecule has 0 aromatic heterocycles. The maximum absolute atomic E-state index is 12.4. The Morgan fingerprint density at radius 2 is 2.05 bits per heavy atom. The molecule has 1 fully saturated rings. The second-order valence-electron chi connectivity index (χ2n) is 5.52. The molecule has 2 rings (SSSR count). The SMILES string of the molecule is C#CCC(O)(C(=O)OC1CCN(C)CC1)c1ccccc1. The van der Waals surface area contributed by atoms with E-state index in [0.29, 0.717) is 5.56 Å². The molecule has 0 saturated carbocycles. The number of piperidine rings is 1. The molecule has 1 atom stereocenters. The minimum atomic E-state index is -1.76. The predicted octanol–water partition coefficient (Wildman–Crippen LogP) is 1.53. The van der Waals surface area contributed by atoms with E-state index >= 15 is 0 Å². The van der Waals surface area contributed by atoms with Crippen molar-refractivity contribution in [2.45, 2.75) is 31.0 Å². The molecular weight excluding hydrogens is 266 g/mol. The lowest BCUT2D eigenvalue weighted by Gasteiger charge is -2.32. The zero-order valence-corrected chi connectivity index (χ0v) is 12.3. The summed E-state index contributed by atoms with van der Waals surface area (Å²) >= 11 is 0. The monoisotopic (exact) mass is 287 g/mol. The van der Waals surface area contributed by atoms with Crippen molar-refractivity contribution in [3.63, 3.8) is 0 Å². The van der Waals surface area contributed by atoms with Crippen LogP contribution in [0.1, 0.15) is 24.8 Å². The molecule has 0 radical (unpaired) electrons. The highest BCUT2D eigenvalue weighted by Crippen LogP contribution is 2.28. The van der Waals surface area contributed by atoms with E-state index in [0.717, 1.165) is 25.9 Å². The van der Waals surface area contributed by atoms with Crippen LogP contribution in [0.3, 0.4) is 0 Å². The quantitative estimate of drug-likeness (QED) is 0.674. The van der Waals surface area contributed by atoms with Crippen molar-refractivity contribution in [3.05, 3.63) is 35.9 Å². The highest BCUT2D eigenvalue weighted by Gasteiger charge is 2.40. The van der Waals surface area contributed by atoms with E-state index in [4.69, 9.17) is 11.2 Å². The largest absolute Gasteiger partial charge is 0.460 e. The summed E-state index contributed by atoms with van der Waals surface area (Å²) in [6.07, 6.45) is 6.63. The third kappa shape index (κ3) is 3.63. The molecule has 0 amide bonds. The van der Waals surface area contributed by atoms with Crippen molar-refractivity contribution in [2.24, 2.45) is 0 Å². The van der Waals surface area contributed by atoms with Gasteiger partial charge >= 0.3 is 5.97 Å². The Morgan fingerprint density at radius 1 is 1.43 bits per heavy atom. The van der Waals surface area contributed by atoms with Crippen LogP contribution >= 0.6 is 0 Å². The number of esters is 1. The molecule has 4 nitrogen and oxygen atoms in total. The van der Waals surface area contributed by atoms with Gasteiger partial charge in [-0.25, -0.2) is 4.79 Å². The molecule has 1 aliphatic heterocycles. The van der Waals surface area contributed by atoms with E-state index in [9.17, 15) is 9.90 Å². The van der Waals surface area contributed by atoms with Gasteiger partial charge in [0.05, 0.1) is 6.42 Å². The van der Waals surface area contributed by atoms with Crippen LogP contribution in [0.4, 0.5) is 0 Å². The van der Waals surface area contributed by atoms with Crippen LogP contribution in [0, 0.1) is 12.3 Å². The number of carbonyl (C=O) groups excluding carboxylic acids is 1. The van der Waals surface area contributed by atoms with Gasteiger partial charge in [0.2, 0.25) is 0 Å². The molecule has 1 unspecified atom stereocenters. The molecule has 21 heavy (non-hydrogen) atoms. The fraction of sp³-hybridized carbons (Fsp3) is 0.471. The van der Waals surface area contributed by atoms with Gasteiger partial charge in [0.15, 0.2) is 5.60 Å². The average Bonchev–Trinajstić information content (AvgIpc) is 2.50. The van der Waals surface area contributed by atoms with Crippen LogP contribution in [-0.4, -0.2) is 42.2 Å². The Morgan fingerprint density at radius 3 is 2.62 bits per heavy atom. The number of benzene rings is 1. The highest BCUT2D eigenvalue weighted by atomic mass is 16.6. The number of aliphatic hydroxyl groups is 1. The predicted molar refractivity (Wildman–Crippen MR) is 80.4 cm³/mol. The number of nitrogens with zero attached hydrogens (tertiary/aromatic N) is 1. The number of rotatable bonds is 4. The van der Waals surface area contributed by atoms with E-state index in [-0.39, 0.29) is 12.5 Å². The van der Waals surface area contributed by atoms with Crippen molar-refractivity contribution in [1.82, 2.24) is 4.90 Å². The van der Waals surface area contributed by atoms with E-state index in [1.807, 2.05) is 13.1 Å². The van der Waals surface area contributed by atoms with Gasteiger partial charge in [-0.3, -0.25) is 0 Å². The minimum absolute atomic E-state index is 0.0948. The van der Waals surface area contributed by atoms with E-state index in [1.54, 1.807) is 24.3 Å². The normalized spacial score (nSPS) is 19.5. The number of ether oxygens (including phenoxy) is 1. The Bertz CT molecular complexity index is 515. The molecule has 1 aromatic carbocycles. The van der Waals surface area contributed by atoms with E-state index in [1.165, 1.54) is 0 Å². The average molecular weight is 287 g/mol. The first-order valence-corrected chi connectivity index (χ1v) is 7.17. The topological polar surface area (TPSA) is 49.8 Å². The molecule has 1 saturated heterocycles. The number of carbonyl (C=O) groups is 1. The Balaban J connectivity index is 2.11. The molecule has 112 valence electrons. The van der Waals surface area contributed by atoms with Crippen molar-refractivity contribution < 1.29 is 14.6 Å². The van der Waals surface area contributed by atoms with E-state index < -0.39 is 11.6 Å². The van der Waals surface area contributed by atoms with Gasteiger partial charge in [-0.1, -0.05) is 30.3 Å². The van der Waals surface area contributed by atoms with Crippen LogP contribution in [0.5, 0.6) is 0 Å². The summed E-state index contributed by atoms with van der Waals surface area (Å²) in [6.45, 7) is 1.77. The molecular formula is C17H21NO3. The number of hydrogen-bond acceptors (Lipinski definition) is 4. The third-order valence-corrected chi connectivity index (χ3v) is 3.89. The van der Waals surface area contributed by atoms with Gasteiger partial charge in [0.25, 0.3) is 0 Å². The molecule has 1 aromatic rings. The summed E-state index contributed by atoms with van der Waals surface area (Å²) in [4.78, 5) is 14.6. The fourth-order valence-electron chi connectivity index (χ4n) is 2.51. The molecule has 1 N–H and O–H groups in total. The number of hydrogen-bond donors (Lipinski definition) is 1. The summed E-state index contributed by atoms with van der Waals surface area (Å²) in [7, 11) is 2.04. The molecule has 1 heterocycles. The maximum Gasteiger partial charge on any atom is 0.344 e. The Kier molecular flexibility index (Phi) is 5.00. The zero-order valence-electron chi connectivity index (χ0n) is 12.3. The molecule has 1 aliphatic rings. The summed E-state index contributed by atoms with van der Waals surface area (Å²) in [5.41, 5.74) is -1.29. The van der Waals surface area contributed by atoms with Crippen LogP contribution in [0.2, 0.25) is 0 Å². The van der Waals surface area contributed by atoms with Crippen molar-refractivity contribution in [3.8, 4) is 12.3 Å². The summed E-state index contributed by atoms with van der Waals surface area (Å²) in [6, 6.07) is 8.72. The van der Waals surface area contributed by atoms with Crippen molar-refractivity contribution in [2.75, 3.05) is 20.1 Å². The van der Waals surface area contributed by atoms with Crippen molar-refractivity contribution in [1.29, 1.82) is 0 Å². The lowest BCUT2D eigenvalue weighted by molar-refractivity contribution is -0.174. The summed E-state index contributed by atoms with van der Waals surface area (Å²) < 4.78 is 5.50. The maximum atomic E-state index is 12.4. The molecule has 0 bridgehead atoms. The first-order chi connectivity index (χ1) is 10.1. The van der Waals surface area contributed by atoms with Crippen LogP contribution in [0.15, 0.2) is 30.3 Å². The van der Waals surface area contributed by atoms with Gasteiger partial charge in [0.1, 0.15) is 6.10 Å². The highest BCUT2D eigenvalue weighted by molar-refractivity contribution is 5.81. The fourth-order valence-corrected chi connectivity index (χ4v) is 2.51. The summed E-state index contributed by atoms with van der Waals surface area (Å²) in [5.74, 6) is 1.72. The zero-order chi connectivity index (χ0) is 15.3. The lowest BCUT2D eigenvalue weighted by Crippen LogP contribution is -2.42. The molecule has 4 heteroatoms. The van der Waals surface area contributed by atoms with Crippen LogP contribution < -0.4 is 0 Å². The standard InChI is InChI=1S/C17H21NO3/c1-3-11-17(20,14-7-5-4-6-8-14)16(19)21-15-9-12-18(2)13-10-15/h1,4-8,15,20H,9-13H2,2H3. The minimum Gasteiger partial charge on any atom is -0.460 e. The van der Waals surface area contributed by atoms with Crippen LogP contribution in [0.25, 0.3) is 0 Å². The molecule has 0 aliphatic carbocycles. The van der Waals surface area contributed by atoms with Gasteiger partial charge in [0, 0.05) is 13.1 Å². The molecule has 0 spiro atoms. The Hall–Kier alpha value is -1.83. The van der Waals surface area contributed by atoms with Gasteiger partial charge in [-0.15, -0.1) is 12.3 Å².